The van der Waals surface area contributed by atoms with Crippen LogP contribution in [0.15, 0.2) is 36.4 Å². The van der Waals surface area contributed by atoms with E-state index in [1.807, 2.05) is 0 Å². The monoisotopic (exact) mass is 361 g/mol. The lowest BCUT2D eigenvalue weighted by Crippen LogP contribution is -2.20. The molecule has 2 aromatic carbocycles. The molecule has 0 bridgehead atoms. The number of benzene rings is 2. The van der Waals surface area contributed by atoms with Crippen LogP contribution < -0.4 is 5.32 Å². The van der Waals surface area contributed by atoms with Gasteiger partial charge in [0.2, 0.25) is 5.91 Å². The highest BCUT2D eigenvalue weighted by Crippen LogP contribution is 2.19. The number of amides is 1. The van der Waals surface area contributed by atoms with Gasteiger partial charge in [0.05, 0.1) is 5.75 Å². The van der Waals surface area contributed by atoms with Crippen molar-refractivity contribution in [1.29, 1.82) is 0 Å². The third-order valence-corrected chi connectivity index (χ3v) is 4.40. The summed E-state index contributed by atoms with van der Waals surface area (Å²) in [4.78, 5) is 11.7. The van der Waals surface area contributed by atoms with Crippen molar-refractivity contribution in [1.82, 2.24) is 0 Å². The number of carbonyl (C=O) groups is 1. The van der Waals surface area contributed by atoms with E-state index in [9.17, 15) is 22.2 Å². The molecule has 0 fully saturated rings. The first-order valence-corrected chi connectivity index (χ1v) is 8.25. The molecule has 0 aliphatic carbocycles. The van der Waals surface area contributed by atoms with Gasteiger partial charge in [-0.3, -0.25) is 9.00 Å². The van der Waals surface area contributed by atoms with Gasteiger partial charge in [0.1, 0.15) is 11.6 Å². The van der Waals surface area contributed by atoms with E-state index < -0.39 is 34.2 Å². The summed E-state index contributed by atoms with van der Waals surface area (Å²) in [6, 6.07) is 6.56. The molecule has 23 heavy (non-hydrogen) atoms. The Kier molecular flexibility index (Phi) is 5.79. The lowest BCUT2D eigenvalue weighted by Gasteiger charge is -2.07. The molecule has 1 N–H and O–H groups in total. The highest BCUT2D eigenvalue weighted by atomic mass is 35.5. The summed E-state index contributed by atoms with van der Waals surface area (Å²) in [5.41, 5.74) is 0.512. The Morgan fingerprint density at radius 3 is 2.48 bits per heavy atom. The van der Waals surface area contributed by atoms with Crippen molar-refractivity contribution in [2.75, 3.05) is 11.1 Å². The number of anilines is 1. The average molecular weight is 362 g/mol. The molecule has 122 valence electrons. The van der Waals surface area contributed by atoms with Gasteiger partial charge in [0.15, 0.2) is 11.6 Å². The van der Waals surface area contributed by atoms with E-state index in [1.165, 1.54) is 18.2 Å². The summed E-state index contributed by atoms with van der Waals surface area (Å²) in [5, 5.41) is 2.44. The number of nitrogens with one attached hydrogen (secondary N) is 1. The molecule has 2 rings (SSSR count). The molecule has 0 aliphatic rings. The summed E-state index contributed by atoms with van der Waals surface area (Å²) < 4.78 is 50.7. The van der Waals surface area contributed by atoms with E-state index in [0.29, 0.717) is 5.56 Å². The second kappa shape index (κ2) is 7.61. The summed E-state index contributed by atoms with van der Waals surface area (Å²) in [6.45, 7) is 0. The number of hydrogen-bond donors (Lipinski definition) is 1. The first-order chi connectivity index (χ1) is 10.8. The van der Waals surface area contributed by atoms with Gasteiger partial charge < -0.3 is 5.32 Å². The second-order valence-corrected chi connectivity index (χ2v) is 6.51. The first-order valence-electron chi connectivity index (χ1n) is 6.39. The van der Waals surface area contributed by atoms with Crippen LogP contribution in [0.2, 0.25) is 5.02 Å². The minimum atomic E-state index is -1.59. The molecule has 0 aromatic heterocycles. The van der Waals surface area contributed by atoms with Crippen LogP contribution in [0.25, 0.3) is 0 Å². The standard InChI is InChI=1S/C15H11ClF3NO2S/c16-12-5-10(17)2-1-9(12)7-23(22)8-15(21)20-11-3-4-13(18)14(19)6-11/h1-6H,7-8H2,(H,20,21). The number of halogens is 4. The zero-order valence-corrected chi connectivity index (χ0v) is 13.2. The number of carbonyl (C=O) groups excluding carboxylic acids is 1. The van der Waals surface area contributed by atoms with Gasteiger partial charge in [0.25, 0.3) is 0 Å². The van der Waals surface area contributed by atoms with Crippen LogP contribution in [0.3, 0.4) is 0 Å². The quantitative estimate of drug-likeness (QED) is 0.883. The second-order valence-electron chi connectivity index (χ2n) is 4.64. The number of rotatable bonds is 5. The summed E-state index contributed by atoms with van der Waals surface area (Å²) in [6.07, 6.45) is 0. The fourth-order valence-electron chi connectivity index (χ4n) is 1.78. The topological polar surface area (TPSA) is 46.2 Å². The average Bonchev–Trinajstić information content (AvgIpc) is 2.46. The fraction of sp³-hybridized carbons (Fsp3) is 0.133. The van der Waals surface area contributed by atoms with Crippen molar-refractivity contribution < 1.29 is 22.2 Å². The zero-order valence-electron chi connectivity index (χ0n) is 11.6. The van der Waals surface area contributed by atoms with E-state index in [0.717, 1.165) is 18.2 Å². The molecule has 0 radical (unpaired) electrons. The normalized spacial score (nSPS) is 12.0. The smallest absolute Gasteiger partial charge is 0.237 e. The molecule has 0 saturated carbocycles. The van der Waals surface area contributed by atoms with Crippen LogP contribution in [0.4, 0.5) is 18.9 Å². The van der Waals surface area contributed by atoms with Crippen LogP contribution in [-0.4, -0.2) is 15.9 Å². The third kappa shape index (κ3) is 5.07. The van der Waals surface area contributed by atoms with Crippen molar-refractivity contribution in [3.8, 4) is 0 Å². The van der Waals surface area contributed by atoms with E-state index in [1.54, 1.807) is 0 Å². The van der Waals surface area contributed by atoms with Gasteiger partial charge in [-0.25, -0.2) is 13.2 Å². The molecule has 1 unspecified atom stereocenters. The van der Waals surface area contributed by atoms with Gasteiger partial charge in [0, 0.05) is 27.6 Å². The predicted molar refractivity (Wildman–Crippen MR) is 83.1 cm³/mol. The van der Waals surface area contributed by atoms with E-state index in [2.05, 4.69) is 5.32 Å². The molecular formula is C15H11ClF3NO2S. The lowest BCUT2D eigenvalue weighted by molar-refractivity contribution is -0.113. The first kappa shape index (κ1) is 17.5. The van der Waals surface area contributed by atoms with Crippen molar-refractivity contribution in [3.05, 3.63) is 64.4 Å². The molecule has 2 aromatic rings. The van der Waals surface area contributed by atoms with Crippen LogP contribution in [-0.2, 0) is 21.3 Å². The molecule has 1 amide bonds. The minimum Gasteiger partial charge on any atom is -0.325 e. The molecule has 1 atom stereocenters. The van der Waals surface area contributed by atoms with Crippen LogP contribution in [0.1, 0.15) is 5.56 Å². The van der Waals surface area contributed by atoms with Crippen molar-refractivity contribution >= 4 is 34.0 Å². The minimum absolute atomic E-state index is 0.0235. The molecule has 8 heteroatoms. The Morgan fingerprint density at radius 1 is 1.09 bits per heavy atom. The van der Waals surface area contributed by atoms with E-state index in [4.69, 9.17) is 11.6 Å². The summed E-state index contributed by atoms with van der Waals surface area (Å²) in [7, 11) is -1.59. The van der Waals surface area contributed by atoms with Gasteiger partial charge in [-0.2, -0.15) is 0 Å². The fourth-order valence-corrected chi connectivity index (χ4v) is 3.16. The SMILES string of the molecule is O=C(CS(=O)Cc1ccc(F)cc1Cl)Nc1ccc(F)c(F)c1. The highest BCUT2D eigenvalue weighted by Gasteiger charge is 2.12. The van der Waals surface area contributed by atoms with Crippen molar-refractivity contribution in [2.45, 2.75) is 5.75 Å². The Hall–Kier alpha value is -1.86. The highest BCUT2D eigenvalue weighted by molar-refractivity contribution is 7.85. The maximum Gasteiger partial charge on any atom is 0.237 e. The summed E-state index contributed by atoms with van der Waals surface area (Å²) in [5.74, 6) is -3.63. The van der Waals surface area contributed by atoms with Gasteiger partial charge in [-0.05, 0) is 29.8 Å². The maximum absolute atomic E-state index is 13.0. The molecule has 0 heterocycles. The zero-order chi connectivity index (χ0) is 17.0. The Balaban J connectivity index is 1.94. The van der Waals surface area contributed by atoms with Crippen LogP contribution in [0, 0.1) is 17.5 Å². The van der Waals surface area contributed by atoms with Gasteiger partial charge >= 0.3 is 0 Å². The molecular weight excluding hydrogens is 351 g/mol. The van der Waals surface area contributed by atoms with E-state index in [-0.39, 0.29) is 22.2 Å². The van der Waals surface area contributed by atoms with Crippen molar-refractivity contribution in [3.63, 3.8) is 0 Å². The maximum atomic E-state index is 13.0. The van der Waals surface area contributed by atoms with Crippen LogP contribution in [0.5, 0.6) is 0 Å². The Bertz CT molecular complexity index is 770. The van der Waals surface area contributed by atoms with E-state index >= 15 is 0 Å². The molecule has 3 nitrogen and oxygen atoms in total. The number of hydrogen-bond acceptors (Lipinski definition) is 2. The lowest BCUT2D eigenvalue weighted by atomic mass is 10.2. The molecule has 0 saturated heterocycles. The van der Waals surface area contributed by atoms with Gasteiger partial charge in [-0.15, -0.1) is 0 Å². The Morgan fingerprint density at radius 2 is 1.83 bits per heavy atom. The Labute approximate surface area is 137 Å². The predicted octanol–water partition coefficient (Wildman–Crippen LogP) is 3.64. The molecule has 0 spiro atoms. The third-order valence-electron chi connectivity index (χ3n) is 2.83. The van der Waals surface area contributed by atoms with Gasteiger partial charge in [-0.1, -0.05) is 17.7 Å². The van der Waals surface area contributed by atoms with Crippen LogP contribution >= 0.6 is 11.6 Å². The largest absolute Gasteiger partial charge is 0.325 e. The van der Waals surface area contributed by atoms with Crippen molar-refractivity contribution in [2.24, 2.45) is 0 Å². The summed E-state index contributed by atoms with van der Waals surface area (Å²) >= 11 is 5.82. The molecule has 0 aliphatic heterocycles.